The van der Waals surface area contributed by atoms with E-state index in [1.807, 2.05) is 12.1 Å². The monoisotopic (exact) mass is 190 g/mol. The van der Waals surface area contributed by atoms with Crippen LogP contribution in [0.4, 0.5) is 5.82 Å². The molecule has 0 saturated heterocycles. The van der Waals surface area contributed by atoms with E-state index in [9.17, 15) is 0 Å². The first kappa shape index (κ1) is 10.4. The molecular formula is C11H14N2O. The van der Waals surface area contributed by atoms with Gasteiger partial charge in [-0.25, -0.2) is 4.98 Å². The van der Waals surface area contributed by atoms with Gasteiger partial charge in [0.15, 0.2) is 11.6 Å². The maximum Gasteiger partial charge on any atom is 0.168 e. The van der Waals surface area contributed by atoms with Gasteiger partial charge in [0, 0.05) is 19.2 Å². The molecule has 1 N–H and O–H groups in total. The van der Waals surface area contributed by atoms with Crippen LogP contribution in [0.2, 0.25) is 0 Å². The Bertz CT molecular complexity index is 317. The molecule has 1 aromatic heterocycles. The summed E-state index contributed by atoms with van der Waals surface area (Å²) in [6.45, 7) is 0.817. The van der Waals surface area contributed by atoms with Crippen LogP contribution in [0.5, 0.6) is 5.75 Å². The zero-order valence-corrected chi connectivity index (χ0v) is 8.29. The second-order valence-corrected chi connectivity index (χ2v) is 2.79. The predicted molar refractivity (Wildman–Crippen MR) is 57.3 cm³/mol. The lowest BCUT2D eigenvalue weighted by molar-refractivity contribution is 0.415. The fraction of sp³-hybridized carbons (Fsp3) is 0.364. The quantitative estimate of drug-likeness (QED) is 0.569. The van der Waals surface area contributed by atoms with Crippen molar-refractivity contribution in [2.24, 2.45) is 0 Å². The fourth-order valence-corrected chi connectivity index (χ4v) is 1.09. The summed E-state index contributed by atoms with van der Waals surface area (Å²) in [6.07, 6.45) is 8.59. The second kappa shape index (κ2) is 5.87. The van der Waals surface area contributed by atoms with Gasteiger partial charge >= 0.3 is 0 Å². The van der Waals surface area contributed by atoms with E-state index in [1.165, 1.54) is 0 Å². The molecule has 0 fully saturated rings. The first-order valence-electron chi connectivity index (χ1n) is 4.55. The molecule has 0 spiro atoms. The van der Waals surface area contributed by atoms with Crippen LogP contribution < -0.4 is 10.1 Å². The Morgan fingerprint density at radius 3 is 3.21 bits per heavy atom. The maximum atomic E-state index is 5.15. The number of hydrogen-bond acceptors (Lipinski definition) is 3. The highest BCUT2D eigenvalue weighted by atomic mass is 16.5. The number of methoxy groups -OCH3 is 1. The SMILES string of the molecule is C#CCCCNc1ncccc1OC. The minimum absolute atomic E-state index is 0.758. The van der Waals surface area contributed by atoms with Gasteiger partial charge in [-0.05, 0) is 18.6 Å². The third-order valence-electron chi connectivity index (χ3n) is 1.78. The van der Waals surface area contributed by atoms with Crippen LogP contribution in [-0.4, -0.2) is 18.6 Å². The number of aromatic nitrogens is 1. The molecule has 3 heteroatoms. The zero-order valence-electron chi connectivity index (χ0n) is 8.29. The first-order valence-corrected chi connectivity index (χ1v) is 4.55. The van der Waals surface area contributed by atoms with Crippen molar-refractivity contribution in [2.75, 3.05) is 19.0 Å². The summed E-state index contributed by atoms with van der Waals surface area (Å²) in [5.41, 5.74) is 0. The molecule has 1 aromatic rings. The van der Waals surface area contributed by atoms with Crippen molar-refractivity contribution in [3.05, 3.63) is 18.3 Å². The zero-order chi connectivity index (χ0) is 10.2. The minimum atomic E-state index is 0.758. The highest BCUT2D eigenvalue weighted by Crippen LogP contribution is 2.19. The second-order valence-electron chi connectivity index (χ2n) is 2.79. The van der Waals surface area contributed by atoms with Gasteiger partial charge in [0.25, 0.3) is 0 Å². The number of rotatable bonds is 5. The van der Waals surface area contributed by atoms with Crippen molar-refractivity contribution in [1.29, 1.82) is 0 Å². The van der Waals surface area contributed by atoms with Crippen LogP contribution in [0.25, 0.3) is 0 Å². The number of ether oxygens (including phenoxy) is 1. The normalized spacial score (nSPS) is 9.14. The van der Waals surface area contributed by atoms with Crippen molar-refractivity contribution in [2.45, 2.75) is 12.8 Å². The number of terminal acetylenes is 1. The molecule has 3 nitrogen and oxygen atoms in total. The molecule has 0 aromatic carbocycles. The van der Waals surface area contributed by atoms with E-state index in [1.54, 1.807) is 13.3 Å². The third kappa shape index (κ3) is 2.98. The molecule has 0 bridgehead atoms. The molecule has 1 heterocycles. The number of anilines is 1. The van der Waals surface area contributed by atoms with Gasteiger partial charge in [-0.3, -0.25) is 0 Å². The lowest BCUT2D eigenvalue weighted by Crippen LogP contribution is -2.04. The van der Waals surface area contributed by atoms with Gasteiger partial charge in [0.1, 0.15) is 0 Å². The smallest absolute Gasteiger partial charge is 0.168 e. The summed E-state index contributed by atoms with van der Waals surface area (Å²) in [5, 5.41) is 3.17. The van der Waals surface area contributed by atoms with Gasteiger partial charge < -0.3 is 10.1 Å². The predicted octanol–water partition coefficient (Wildman–Crippen LogP) is 1.92. The molecule has 0 aliphatic carbocycles. The molecule has 0 saturated carbocycles. The van der Waals surface area contributed by atoms with Gasteiger partial charge in [0.2, 0.25) is 0 Å². The van der Waals surface area contributed by atoms with Crippen LogP contribution >= 0.6 is 0 Å². The standard InChI is InChI=1S/C11H14N2O/c1-3-4-5-8-12-11-10(14-2)7-6-9-13-11/h1,6-7,9H,4-5,8H2,2H3,(H,12,13). The summed E-state index contributed by atoms with van der Waals surface area (Å²) in [7, 11) is 1.63. The molecular weight excluding hydrogens is 176 g/mol. The molecule has 0 radical (unpaired) electrons. The molecule has 1 rings (SSSR count). The van der Waals surface area contributed by atoms with E-state index in [2.05, 4.69) is 16.2 Å². The minimum Gasteiger partial charge on any atom is -0.493 e. The first-order chi connectivity index (χ1) is 6.88. The number of pyridine rings is 1. The average Bonchev–Trinajstić information content (AvgIpc) is 2.25. The number of nitrogens with zero attached hydrogens (tertiary/aromatic N) is 1. The van der Waals surface area contributed by atoms with E-state index < -0.39 is 0 Å². The Balaban J connectivity index is 2.46. The van der Waals surface area contributed by atoms with Crippen LogP contribution in [0, 0.1) is 12.3 Å². The topological polar surface area (TPSA) is 34.2 Å². The van der Waals surface area contributed by atoms with E-state index >= 15 is 0 Å². The highest BCUT2D eigenvalue weighted by Gasteiger charge is 2.00. The Morgan fingerprint density at radius 1 is 1.64 bits per heavy atom. The van der Waals surface area contributed by atoms with Crippen LogP contribution in [0.15, 0.2) is 18.3 Å². The van der Waals surface area contributed by atoms with Gasteiger partial charge in [-0.15, -0.1) is 12.3 Å². The van der Waals surface area contributed by atoms with Crippen molar-refractivity contribution >= 4 is 5.82 Å². The molecule has 74 valence electrons. The van der Waals surface area contributed by atoms with Crippen molar-refractivity contribution in [3.8, 4) is 18.1 Å². The molecule has 0 aliphatic heterocycles. The highest BCUT2D eigenvalue weighted by molar-refractivity contribution is 5.49. The Hall–Kier alpha value is -1.69. The summed E-state index contributed by atoms with van der Waals surface area (Å²) >= 11 is 0. The summed E-state index contributed by atoms with van der Waals surface area (Å²) < 4.78 is 5.14. The Kier molecular flexibility index (Phi) is 4.36. The van der Waals surface area contributed by atoms with E-state index in [0.717, 1.165) is 31.0 Å². The fourth-order valence-electron chi connectivity index (χ4n) is 1.09. The van der Waals surface area contributed by atoms with Crippen molar-refractivity contribution < 1.29 is 4.74 Å². The summed E-state index contributed by atoms with van der Waals surface area (Å²) in [5.74, 6) is 4.12. The van der Waals surface area contributed by atoms with Crippen molar-refractivity contribution in [3.63, 3.8) is 0 Å². The lowest BCUT2D eigenvalue weighted by Gasteiger charge is -2.08. The number of unbranched alkanes of at least 4 members (excludes halogenated alkanes) is 1. The molecule has 0 aliphatic rings. The summed E-state index contributed by atoms with van der Waals surface area (Å²) in [6, 6.07) is 3.71. The lowest BCUT2D eigenvalue weighted by atomic mass is 10.3. The number of hydrogen-bond donors (Lipinski definition) is 1. The Labute approximate surface area is 84.5 Å². The largest absolute Gasteiger partial charge is 0.493 e. The molecule has 0 atom stereocenters. The van der Waals surface area contributed by atoms with E-state index in [0.29, 0.717) is 0 Å². The van der Waals surface area contributed by atoms with Crippen LogP contribution in [0.3, 0.4) is 0 Å². The van der Waals surface area contributed by atoms with E-state index in [4.69, 9.17) is 11.2 Å². The third-order valence-corrected chi connectivity index (χ3v) is 1.78. The molecule has 0 amide bonds. The van der Waals surface area contributed by atoms with Crippen LogP contribution in [0.1, 0.15) is 12.8 Å². The van der Waals surface area contributed by atoms with Gasteiger partial charge in [0.05, 0.1) is 7.11 Å². The van der Waals surface area contributed by atoms with Gasteiger partial charge in [-0.2, -0.15) is 0 Å². The molecule has 0 unspecified atom stereocenters. The number of nitrogens with one attached hydrogen (secondary N) is 1. The van der Waals surface area contributed by atoms with Gasteiger partial charge in [-0.1, -0.05) is 0 Å². The Morgan fingerprint density at radius 2 is 2.50 bits per heavy atom. The maximum absolute atomic E-state index is 5.15. The van der Waals surface area contributed by atoms with E-state index in [-0.39, 0.29) is 0 Å². The van der Waals surface area contributed by atoms with Crippen LogP contribution in [-0.2, 0) is 0 Å². The average molecular weight is 190 g/mol. The summed E-state index contributed by atoms with van der Waals surface area (Å²) in [4.78, 5) is 4.16. The molecule has 14 heavy (non-hydrogen) atoms. The van der Waals surface area contributed by atoms with Crippen molar-refractivity contribution in [1.82, 2.24) is 4.98 Å².